The Morgan fingerprint density at radius 2 is 2.28 bits per heavy atom. The lowest BCUT2D eigenvalue weighted by Gasteiger charge is -2.13. The van der Waals surface area contributed by atoms with Gasteiger partial charge >= 0.3 is 0 Å². The summed E-state index contributed by atoms with van der Waals surface area (Å²) in [6.07, 6.45) is 6.11. The van der Waals surface area contributed by atoms with Gasteiger partial charge in [0.05, 0.1) is 12.8 Å². The summed E-state index contributed by atoms with van der Waals surface area (Å²) in [5.41, 5.74) is 2.08. The van der Waals surface area contributed by atoms with Gasteiger partial charge in [-0.2, -0.15) is 11.8 Å². The Bertz CT molecular complexity index is 397. The number of hydrogen-bond acceptors (Lipinski definition) is 4. The molecule has 0 aliphatic heterocycles. The number of aromatic nitrogens is 1. The summed E-state index contributed by atoms with van der Waals surface area (Å²) in [6, 6.07) is 4.62. The van der Waals surface area contributed by atoms with Crippen LogP contribution in [0.25, 0.3) is 0 Å². The van der Waals surface area contributed by atoms with Crippen LogP contribution in [0.5, 0.6) is 5.75 Å². The Morgan fingerprint density at radius 1 is 1.44 bits per heavy atom. The van der Waals surface area contributed by atoms with Gasteiger partial charge in [0.2, 0.25) is 0 Å². The maximum absolute atomic E-state index is 5.27. The normalized spacial score (nSPS) is 23.3. The molecule has 2 atom stereocenters. The number of rotatable bonds is 5. The zero-order valence-electron chi connectivity index (χ0n) is 11.4. The molecule has 0 bridgehead atoms. The van der Waals surface area contributed by atoms with Crippen LogP contribution in [0, 0.1) is 6.92 Å². The molecule has 1 aliphatic rings. The van der Waals surface area contributed by atoms with E-state index in [9.17, 15) is 0 Å². The topological polar surface area (TPSA) is 34.1 Å². The smallest absolute Gasteiger partial charge is 0.122 e. The molecule has 2 unspecified atom stereocenters. The number of aryl methyl sites for hydroxylation is 1. The van der Waals surface area contributed by atoms with Crippen LogP contribution < -0.4 is 10.1 Å². The molecule has 18 heavy (non-hydrogen) atoms. The second-order valence-corrected chi connectivity index (χ2v) is 6.03. The Morgan fingerprint density at radius 3 is 2.94 bits per heavy atom. The van der Waals surface area contributed by atoms with Crippen LogP contribution in [0.4, 0.5) is 0 Å². The number of pyridine rings is 1. The van der Waals surface area contributed by atoms with E-state index in [4.69, 9.17) is 4.74 Å². The Labute approximate surface area is 114 Å². The molecule has 1 saturated carbocycles. The van der Waals surface area contributed by atoms with Crippen LogP contribution in [0.2, 0.25) is 0 Å². The lowest BCUT2D eigenvalue weighted by molar-refractivity contribution is 0.412. The molecule has 1 aliphatic carbocycles. The van der Waals surface area contributed by atoms with Gasteiger partial charge < -0.3 is 10.1 Å². The number of nitrogens with zero attached hydrogens (tertiary/aromatic N) is 1. The van der Waals surface area contributed by atoms with Crippen LogP contribution in [0.3, 0.4) is 0 Å². The predicted octanol–water partition coefficient (Wildman–Crippen LogP) is 2.77. The van der Waals surface area contributed by atoms with Crippen molar-refractivity contribution in [2.45, 2.75) is 44.0 Å². The zero-order valence-corrected chi connectivity index (χ0v) is 12.2. The summed E-state index contributed by atoms with van der Waals surface area (Å²) in [5, 5.41) is 4.44. The minimum Gasteiger partial charge on any atom is -0.497 e. The van der Waals surface area contributed by atoms with Gasteiger partial charge in [0.15, 0.2) is 0 Å². The van der Waals surface area contributed by atoms with Gasteiger partial charge in [0.1, 0.15) is 5.75 Å². The summed E-state index contributed by atoms with van der Waals surface area (Å²) in [7, 11) is 1.70. The summed E-state index contributed by atoms with van der Waals surface area (Å²) >= 11 is 1.99. The lowest BCUT2D eigenvalue weighted by atomic mass is 10.2. The van der Waals surface area contributed by atoms with Crippen molar-refractivity contribution in [2.24, 2.45) is 0 Å². The first-order valence-electron chi connectivity index (χ1n) is 6.49. The molecule has 1 fully saturated rings. The number of thioether (sulfide) groups is 1. The third-order valence-electron chi connectivity index (χ3n) is 3.51. The highest BCUT2D eigenvalue weighted by Crippen LogP contribution is 2.28. The van der Waals surface area contributed by atoms with E-state index in [1.165, 1.54) is 19.3 Å². The highest BCUT2D eigenvalue weighted by molar-refractivity contribution is 7.99. The van der Waals surface area contributed by atoms with E-state index in [0.29, 0.717) is 6.04 Å². The monoisotopic (exact) mass is 266 g/mol. The molecule has 0 saturated heterocycles. The number of nitrogens with one attached hydrogen (secondary N) is 1. The van der Waals surface area contributed by atoms with Gasteiger partial charge in [0.25, 0.3) is 0 Å². The predicted molar refractivity (Wildman–Crippen MR) is 77.3 cm³/mol. The second kappa shape index (κ2) is 6.43. The van der Waals surface area contributed by atoms with Crippen LogP contribution >= 0.6 is 11.8 Å². The third kappa shape index (κ3) is 3.62. The average molecular weight is 266 g/mol. The van der Waals surface area contributed by atoms with Crippen molar-refractivity contribution in [1.82, 2.24) is 10.3 Å². The molecule has 1 aromatic heterocycles. The van der Waals surface area contributed by atoms with Crippen molar-refractivity contribution in [3.8, 4) is 5.75 Å². The van der Waals surface area contributed by atoms with Crippen molar-refractivity contribution in [3.63, 3.8) is 0 Å². The molecule has 0 amide bonds. The highest BCUT2D eigenvalue weighted by atomic mass is 32.2. The molecule has 2 rings (SSSR count). The van der Waals surface area contributed by atoms with Crippen molar-refractivity contribution < 1.29 is 4.74 Å². The first-order valence-corrected chi connectivity index (χ1v) is 7.77. The first kappa shape index (κ1) is 13.7. The molecular formula is C14H22N2OS. The van der Waals surface area contributed by atoms with Gasteiger partial charge in [-0.15, -0.1) is 0 Å². The van der Waals surface area contributed by atoms with Gasteiger partial charge in [-0.05, 0) is 32.4 Å². The molecule has 0 spiro atoms. The van der Waals surface area contributed by atoms with Crippen molar-refractivity contribution in [1.29, 1.82) is 0 Å². The van der Waals surface area contributed by atoms with E-state index in [2.05, 4.69) is 16.6 Å². The second-order valence-electron chi connectivity index (χ2n) is 4.89. The minimum absolute atomic E-state index is 0.649. The van der Waals surface area contributed by atoms with Gasteiger partial charge in [-0.25, -0.2) is 0 Å². The number of ether oxygens (including phenoxy) is 1. The lowest BCUT2D eigenvalue weighted by Crippen LogP contribution is -2.26. The van der Waals surface area contributed by atoms with E-state index in [-0.39, 0.29) is 0 Å². The van der Waals surface area contributed by atoms with Crippen LogP contribution in [-0.4, -0.2) is 29.6 Å². The third-order valence-corrected chi connectivity index (χ3v) is 4.60. The summed E-state index contributed by atoms with van der Waals surface area (Å²) in [5.74, 6) is 0.896. The molecule has 0 aromatic carbocycles. The summed E-state index contributed by atoms with van der Waals surface area (Å²) in [6.45, 7) is 2.84. The molecule has 0 radical (unpaired) electrons. The van der Waals surface area contributed by atoms with E-state index in [1.54, 1.807) is 7.11 Å². The minimum atomic E-state index is 0.649. The Balaban J connectivity index is 1.88. The van der Waals surface area contributed by atoms with E-state index >= 15 is 0 Å². The summed E-state index contributed by atoms with van der Waals surface area (Å²) < 4.78 is 5.27. The standard InChI is InChI=1S/C14H22N2OS/c1-10-6-13(17-2)7-12(16-10)9-15-11-4-5-14(8-11)18-3/h6-7,11,14-15H,4-5,8-9H2,1-3H3. The van der Waals surface area contributed by atoms with Gasteiger partial charge in [-0.1, -0.05) is 0 Å². The maximum Gasteiger partial charge on any atom is 0.122 e. The van der Waals surface area contributed by atoms with Gasteiger partial charge in [0, 0.05) is 35.7 Å². The van der Waals surface area contributed by atoms with E-state index in [0.717, 1.165) is 28.9 Å². The molecule has 4 heteroatoms. The van der Waals surface area contributed by atoms with Crippen LogP contribution in [-0.2, 0) is 6.54 Å². The van der Waals surface area contributed by atoms with E-state index < -0.39 is 0 Å². The average Bonchev–Trinajstić information content (AvgIpc) is 2.83. The SMILES string of the molecule is COc1cc(C)nc(CNC2CCC(SC)C2)c1. The molecular weight excluding hydrogens is 244 g/mol. The molecule has 100 valence electrons. The fourth-order valence-electron chi connectivity index (χ4n) is 2.50. The summed E-state index contributed by atoms with van der Waals surface area (Å²) in [4.78, 5) is 4.53. The molecule has 1 N–H and O–H groups in total. The van der Waals surface area contributed by atoms with Crippen LogP contribution in [0.15, 0.2) is 12.1 Å². The molecule has 1 aromatic rings. The highest BCUT2D eigenvalue weighted by Gasteiger charge is 2.23. The first-order chi connectivity index (χ1) is 8.71. The molecule has 3 nitrogen and oxygen atoms in total. The van der Waals surface area contributed by atoms with Crippen molar-refractivity contribution >= 4 is 11.8 Å². The van der Waals surface area contributed by atoms with Crippen molar-refractivity contribution in [2.75, 3.05) is 13.4 Å². The largest absolute Gasteiger partial charge is 0.497 e. The fourth-order valence-corrected chi connectivity index (χ4v) is 3.30. The maximum atomic E-state index is 5.27. The van der Waals surface area contributed by atoms with E-state index in [1.807, 2.05) is 30.8 Å². The Kier molecular flexibility index (Phi) is 4.89. The van der Waals surface area contributed by atoms with Crippen LogP contribution in [0.1, 0.15) is 30.7 Å². The zero-order chi connectivity index (χ0) is 13.0. The Hall–Kier alpha value is -0.740. The fraction of sp³-hybridized carbons (Fsp3) is 0.643. The quantitative estimate of drug-likeness (QED) is 0.888. The van der Waals surface area contributed by atoms with Crippen molar-refractivity contribution in [3.05, 3.63) is 23.5 Å². The number of methoxy groups -OCH3 is 1. The molecule has 1 heterocycles. The van der Waals surface area contributed by atoms with Gasteiger partial charge in [-0.3, -0.25) is 4.98 Å². The number of hydrogen-bond donors (Lipinski definition) is 1.